The number of aromatic nitrogens is 3. The number of carbonyl (C=O) groups is 1. The second kappa shape index (κ2) is 10.8. The van der Waals surface area contributed by atoms with Gasteiger partial charge in [-0.3, -0.25) is 19.6 Å². The first-order valence-electron chi connectivity index (χ1n) is 7.14. The Balaban J connectivity index is 0.00000288. The average Bonchev–Trinajstić information content (AvgIpc) is 2.49. The van der Waals surface area contributed by atoms with Gasteiger partial charge in [0.05, 0.1) is 12.0 Å². The maximum atomic E-state index is 12.1. The number of rotatable bonds is 7. The van der Waals surface area contributed by atoms with Gasteiger partial charge in [0.2, 0.25) is 0 Å². The highest BCUT2D eigenvalue weighted by Crippen LogP contribution is 2.10. The molecule has 0 saturated heterocycles. The quantitative estimate of drug-likeness (QED) is 0.479. The van der Waals surface area contributed by atoms with Crippen molar-refractivity contribution in [2.24, 2.45) is 0 Å². The smallest absolute Gasteiger partial charge is 0.327 e. The predicted molar refractivity (Wildman–Crippen MR) is 99.3 cm³/mol. The minimum atomic E-state index is -0.658. The van der Waals surface area contributed by atoms with Crippen LogP contribution < -0.4 is 21.9 Å². The van der Waals surface area contributed by atoms with E-state index < -0.39 is 11.2 Å². The molecule has 0 bridgehead atoms. The van der Waals surface area contributed by atoms with Crippen molar-refractivity contribution in [2.45, 2.75) is 6.92 Å². The van der Waals surface area contributed by atoms with Crippen LogP contribution in [0.4, 0.5) is 0 Å². The number of hydrogen-bond acceptors (Lipinski definition) is 6. The molecule has 0 radical (unpaired) electrons. The van der Waals surface area contributed by atoms with Gasteiger partial charge in [0.1, 0.15) is 11.3 Å². The Kier molecular flexibility index (Phi) is 9.99. The van der Waals surface area contributed by atoms with Gasteiger partial charge in [-0.05, 0) is 18.6 Å². The molecule has 2 heterocycles. The van der Waals surface area contributed by atoms with Gasteiger partial charge in [-0.2, -0.15) is 0 Å². The lowest BCUT2D eigenvalue weighted by Gasteiger charge is -2.08. The molecule has 0 unspecified atom stereocenters. The first-order valence-corrected chi connectivity index (χ1v) is 7.14. The molecule has 0 aliphatic carbocycles. The van der Waals surface area contributed by atoms with E-state index >= 15 is 0 Å². The van der Waals surface area contributed by atoms with Crippen LogP contribution in [0, 0.1) is 6.92 Å². The Hall–Kier alpha value is -1.94. The lowest BCUT2D eigenvalue weighted by molar-refractivity contribution is 0.0949. The molecule has 0 spiro atoms. The summed E-state index contributed by atoms with van der Waals surface area (Å²) in [6.45, 7) is 4.00. The molecule has 0 fully saturated rings. The van der Waals surface area contributed by atoms with Crippen LogP contribution in [0.2, 0.25) is 0 Å². The van der Waals surface area contributed by atoms with Gasteiger partial charge in [0.15, 0.2) is 0 Å². The first-order chi connectivity index (χ1) is 11.0. The molecule has 2 aromatic heterocycles. The van der Waals surface area contributed by atoms with Crippen molar-refractivity contribution < 1.29 is 9.53 Å². The highest BCUT2D eigenvalue weighted by atomic mass is 35.5. The van der Waals surface area contributed by atoms with Crippen LogP contribution in [0.1, 0.15) is 16.1 Å². The molecule has 25 heavy (non-hydrogen) atoms. The van der Waals surface area contributed by atoms with Crippen LogP contribution in [0.15, 0.2) is 15.7 Å². The Bertz CT molecular complexity index is 821. The molecule has 0 aliphatic rings. The van der Waals surface area contributed by atoms with Gasteiger partial charge < -0.3 is 15.4 Å². The van der Waals surface area contributed by atoms with E-state index in [9.17, 15) is 14.4 Å². The first kappa shape index (κ1) is 23.1. The number of nitrogens with one attached hydrogen (secondary N) is 4. The molecular weight excluding hydrogens is 373 g/mol. The number of hydrogen-bond donors (Lipinski definition) is 4. The van der Waals surface area contributed by atoms with Gasteiger partial charge >= 0.3 is 5.69 Å². The van der Waals surface area contributed by atoms with Crippen molar-refractivity contribution >= 4 is 41.8 Å². The predicted octanol–water partition coefficient (Wildman–Crippen LogP) is -0.271. The zero-order valence-electron chi connectivity index (χ0n) is 13.8. The Morgan fingerprint density at radius 2 is 1.92 bits per heavy atom. The van der Waals surface area contributed by atoms with Crippen LogP contribution in [0.3, 0.4) is 0 Å². The molecule has 11 heteroatoms. The number of fused-ring (bicyclic) bond motifs is 1. The number of methoxy groups -OCH3 is 1. The van der Waals surface area contributed by atoms with Crippen LogP contribution in [0.5, 0.6) is 0 Å². The number of carbonyl (C=O) groups excluding carboxylic acids is 1. The van der Waals surface area contributed by atoms with Crippen molar-refractivity contribution in [3.63, 3.8) is 0 Å². The van der Waals surface area contributed by atoms with E-state index in [0.717, 1.165) is 0 Å². The van der Waals surface area contributed by atoms with Crippen LogP contribution >= 0.6 is 24.8 Å². The highest BCUT2D eigenvalue weighted by molar-refractivity contribution is 5.95. The van der Waals surface area contributed by atoms with E-state index in [1.807, 2.05) is 0 Å². The van der Waals surface area contributed by atoms with Gasteiger partial charge in [-0.15, -0.1) is 24.8 Å². The highest BCUT2D eigenvalue weighted by Gasteiger charge is 2.12. The third-order valence-electron chi connectivity index (χ3n) is 3.21. The summed E-state index contributed by atoms with van der Waals surface area (Å²) in [4.78, 5) is 43.8. The fourth-order valence-electron chi connectivity index (χ4n) is 2.12. The zero-order valence-corrected chi connectivity index (χ0v) is 15.4. The van der Waals surface area contributed by atoms with Gasteiger partial charge in [0.25, 0.3) is 11.5 Å². The molecule has 0 atom stereocenters. The fourth-order valence-corrected chi connectivity index (χ4v) is 2.12. The molecule has 2 aromatic rings. The molecule has 0 aliphatic heterocycles. The van der Waals surface area contributed by atoms with E-state index in [1.165, 1.54) is 6.07 Å². The minimum Gasteiger partial charge on any atom is -0.383 e. The van der Waals surface area contributed by atoms with Crippen LogP contribution in [-0.4, -0.2) is 54.2 Å². The fraction of sp³-hybridized carbons (Fsp3) is 0.429. The topological polar surface area (TPSA) is 129 Å². The summed E-state index contributed by atoms with van der Waals surface area (Å²) < 4.78 is 4.90. The monoisotopic (exact) mass is 393 g/mol. The molecule has 9 nitrogen and oxygen atoms in total. The molecule has 0 aromatic carbocycles. The number of halogens is 2. The van der Waals surface area contributed by atoms with E-state index in [-0.39, 0.29) is 47.4 Å². The molecular formula is C14H21Cl2N5O4. The number of ether oxygens (including phenoxy) is 1. The van der Waals surface area contributed by atoms with Gasteiger partial charge in [0, 0.05) is 26.7 Å². The number of aryl methyl sites for hydroxylation is 1. The Morgan fingerprint density at radius 1 is 1.20 bits per heavy atom. The van der Waals surface area contributed by atoms with Crippen molar-refractivity contribution in [1.29, 1.82) is 0 Å². The average molecular weight is 394 g/mol. The number of aromatic amines is 2. The van der Waals surface area contributed by atoms with Gasteiger partial charge in [-0.1, -0.05) is 0 Å². The summed E-state index contributed by atoms with van der Waals surface area (Å²) in [6.07, 6.45) is 0. The summed E-state index contributed by atoms with van der Waals surface area (Å²) in [6, 6.07) is 1.52. The second-order valence-electron chi connectivity index (χ2n) is 4.95. The van der Waals surface area contributed by atoms with E-state index in [4.69, 9.17) is 4.74 Å². The summed E-state index contributed by atoms with van der Waals surface area (Å²) in [5.74, 6) is -0.371. The molecule has 1 amide bonds. The summed E-state index contributed by atoms with van der Waals surface area (Å²) >= 11 is 0. The number of pyridine rings is 1. The second-order valence-corrected chi connectivity index (χ2v) is 4.95. The molecule has 0 saturated carbocycles. The van der Waals surface area contributed by atoms with Gasteiger partial charge in [-0.25, -0.2) is 9.78 Å². The molecule has 140 valence electrons. The lowest BCUT2D eigenvalue weighted by Crippen LogP contribution is -2.33. The van der Waals surface area contributed by atoms with E-state index in [0.29, 0.717) is 31.8 Å². The van der Waals surface area contributed by atoms with Crippen LogP contribution in [-0.2, 0) is 4.74 Å². The Morgan fingerprint density at radius 3 is 2.60 bits per heavy atom. The van der Waals surface area contributed by atoms with Crippen molar-refractivity contribution in [2.75, 3.05) is 33.4 Å². The summed E-state index contributed by atoms with van der Waals surface area (Å²) in [5, 5.41) is 6.08. The maximum absolute atomic E-state index is 12.1. The lowest BCUT2D eigenvalue weighted by atomic mass is 10.1. The standard InChI is InChI=1S/C14H19N5O4.2ClH/c1-8-7-9(12(20)16-4-3-15-5-6-23-2)17-11-10(8)13(21)19-14(22)18-11;;/h7,15H,3-6H2,1-2H3,(H,16,20)(H2,17,18,19,21,22);2*1H. The van der Waals surface area contributed by atoms with E-state index in [2.05, 4.69) is 25.6 Å². The maximum Gasteiger partial charge on any atom is 0.327 e. The minimum absolute atomic E-state index is 0. The zero-order chi connectivity index (χ0) is 16.8. The third kappa shape index (κ3) is 6.13. The number of amides is 1. The molecule has 4 N–H and O–H groups in total. The normalized spacial score (nSPS) is 10.0. The summed E-state index contributed by atoms with van der Waals surface area (Å²) in [5.41, 5.74) is -0.372. The van der Waals surface area contributed by atoms with Crippen molar-refractivity contribution in [1.82, 2.24) is 25.6 Å². The van der Waals surface area contributed by atoms with E-state index in [1.54, 1.807) is 14.0 Å². The van der Waals surface area contributed by atoms with Crippen LogP contribution in [0.25, 0.3) is 11.0 Å². The Labute approximate surface area is 155 Å². The summed E-state index contributed by atoms with van der Waals surface area (Å²) in [7, 11) is 1.62. The largest absolute Gasteiger partial charge is 0.383 e. The van der Waals surface area contributed by atoms with Crippen molar-refractivity contribution in [3.8, 4) is 0 Å². The number of H-pyrrole nitrogens is 2. The molecule has 2 rings (SSSR count). The SMILES string of the molecule is COCCNCCNC(=O)c1cc(C)c2c(=O)[nH]c(=O)[nH]c2n1.Cl.Cl. The number of nitrogens with zero attached hydrogens (tertiary/aromatic N) is 1. The van der Waals surface area contributed by atoms with Crippen molar-refractivity contribution in [3.05, 3.63) is 38.2 Å². The third-order valence-corrected chi connectivity index (χ3v) is 3.21.